The quantitative estimate of drug-likeness (QED) is 0.613. The fraction of sp³-hybridized carbons (Fsp3) is 0.385. The molecular weight excluding hydrogens is 432 g/mol. The number of aryl methyl sites for hydroxylation is 1. The Morgan fingerprint density at radius 2 is 1.82 bits per heavy atom. The molecule has 2 aliphatic heterocycles. The van der Waals surface area contributed by atoms with Crippen LogP contribution in [0.1, 0.15) is 24.1 Å². The molecule has 2 aromatic carbocycles. The fourth-order valence-electron chi connectivity index (χ4n) is 4.41. The smallest absolute Gasteiger partial charge is 0.338 e. The molecule has 0 unspecified atom stereocenters. The van der Waals surface area contributed by atoms with Crippen LogP contribution in [0.5, 0.6) is 5.75 Å². The van der Waals surface area contributed by atoms with Crippen molar-refractivity contribution >= 4 is 17.7 Å². The molecule has 8 nitrogen and oxygen atoms in total. The molecule has 2 N–H and O–H groups in total. The van der Waals surface area contributed by atoms with E-state index in [0.717, 1.165) is 31.7 Å². The van der Waals surface area contributed by atoms with Gasteiger partial charge in [-0.15, -0.1) is 0 Å². The topological polar surface area (TPSA) is 83.1 Å². The molecule has 8 heteroatoms. The number of benzene rings is 2. The largest absolute Gasteiger partial charge is 0.497 e. The standard InChI is InChI=1S/C26H32N4O4/c1-4-34-25(31)23-22(27-26(32)28-24(23)19-6-5-7-21(16-19)33-3)17-29-12-14-30(15-13-29)20-10-8-18(2)9-11-20/h5-11,16,24H,4,12-15,17H2,1-3H3,(H2,27,28,32)/t24-/m0/s1. The molecule has 180 valence electrons. The molecule has 2 amide bonds. The summed E-state index contributed by atoms with van der Waals surface area (Å²) in [5, 5.41) is 5.76. The lowest BCUT2D eigenvalue weighted by atomic mass is 9.94. The van der Waals surface area contributed by atoms with Crippen LogP contribution in [0.25, 0.3) is 0 Å². The van der Waals surface area contributed by atoms with Gasteiger partial charge in [-0.25, -0.2) is 9.59 Å². The van der Waals surface area contributed by atoms with Crippen LogP contribution >= 0.6 is 0 Å². The summed E-state index contributed by atoms with van der Waals surface area (Å²) in [6.45, 7) is 7.96. The monoisotopic (exact) mass is 464 g/mol. The van der Waals surface area contributed by atoms with Gasteiger partial charge in [0.05, 0.1) is 25.3 Å². The highest BCUT2D eigenvalue weighted by atomic mass is 16.5. The van der Waals surface area contributed by atoms with Crippen molar-refractivity contribution in [2.45, 2.75) is 19.9 Å². The number of methoxy groups -OCH3 is 1. The van der Waals surface area contributed by atoms with Gasteiger partial charge in [0.2, 0.25) is 0 Å². The predicted molar refractivity (Wildman–Crippen MR) is 131 cm³/mol. The van der Waals surface area contributed by atoms with Gasteiger partial charge in [-0.05, 0) is 43.7 Å². The molecule has 1 fully saturated rings. The SMILES string of the molecule is CCOC(=O)C1=C(CN2CCN(c3ccc(C)cc3)CC2)NC(=O)N[C@H]1c1cccc(OC)c1. The van der Waals surface area contributed by atoms with E-state index in [1.165, 1.54) is 11.3 Å². The van der Waals surface area contributed by atoms with Crippen LogP contribution in [-0.2, 0) is 9.53 Å². The van der Waals surface area contributed by atoms with Crippen molar-refractivity contribution in [2.75, 3.05) is 51.3 Å². The molecule has 0 spiro atoms. The second-order valence-corrected chi connectivity index (χ2v) is 8.52. The van der Waals surface area contributed by atoms with Crippen LogP contribution in [0.2, 0.25) is 0 Å². The zero-order chi connectivity index (χ0) is 24.1. The lowest BCUT2D eigenvalue weighted by Crippen LogP contribution is -2.51. The van der Waals surface area contributed by atoms with Gasteiger partial charge in [0.25, 0.3) is 0 Å². The summed E-state index contributed by atoms with van der Waals surface area (Å²) in [6.07, 6.45) is 0. The average Bonchev–Trinajstić information content (AvgIpc) is 2.85. The van der Waals surface area contributed by atoms with Gasteiger partial charge in [0, 0.05) is 44.1 Å². The first kappa shape index (κ1) is 23.6. The minimum atomic E-state index is -0.619. The summed E-state index contributed by atoms with van der Waals surface area (Å²) in [5.41, 5.74) is 4.23. The molecule has 0 aliphatic carbocycles. The number of esters is 1. The van der Waals surface area contributed by atoms with E-state index in [4.69, 9.17) is 9.47 Å². The third-order valence-electron chi connectivity index (χ3n) is 6.23. The lowest BCUT2D eigenvalue weighted by molar-refractivity contribution is -0.139. The Morgan fingerprint density at radius 3 is 2.50 bits per heavy atom. The van der Waals surface area contributed by atoms with Crippen molar-refractivity contribution in [1.82, 2.24) is 15.5 Å². The number of amides is 2. The first-order chi connectivity index (χ1) is 16.5. The normalized spacial score (nSPS) is 18.9. The summed E-state index contributed by atoms with van der Waals surface area (Å²) in [5.74, 6) is 0.221. The van der Waals surface area contributed by atoms with Crippen molar-refractivity contribution in [3.05, 3.63) is 70.9 Å². The third-order valence-corrected chi connectivity index (χ3v) is 6.23. The van der Waals surface area contributed by atoms with E-state index in [-0.39, 0.29) is 12.6 Å². The number of ether oxygens (including phenoxy) is 2. The molecule has 1 atom stereocenters. The van der Waals surface area contributed by atoms with Gasteiger partial charge in [0.15, 0.2) is 0 Å². The fourth-order valence-corrected chi connectivity index (χ4v) is 4.41. The molecule has 4 rings (SSSR count). The van der Waals surface area contributed by atoms with Crippen LogP contribution in [0.3, 0.4) is 0 Å². The highest BCUT2D eigenvalue weighted by Gasteiger charge is 2.35. The first-order valence-electron chi connectivity index (χ1n) is 11.6. The van der Waals surface area contributed by atoms with E-state index < -0.39 is 12.0 Å². The minimum Gasteiger partial charge on any atom is -0.497 e. The van der Waals surface area contributed by atoms with E-state index >= 15 is 0 Å². The first-order valence-corrected chi connectivity index (χ1v) is 11.6. The Kier molecular flexibility index (Phi) is 7.37. The molecule has 0 radical (unpaired) electrons. The Morgan fingerprint density at radius 1 is 1.09 bits per heavy atom. The summed E-state index contributed by atoms with van der Waals surface area (Å²) < 4.78 is 10.7. The molecule has 2 aliphatic rings. The van der Waals surface area contributed by atoms with E-state index in [1.54, 1.807) is 14.0 Å². The van der Waals surface area contributed by atoms with E-state index in [1.807, 2.05) is 24.3 Å². The van der Waals surface area contributed by atoms with Gasteiger partial charge in [-0.1, -0.05) is 29.8 Å². The van der Waals surface area contributed by atoms with Gasteiger partial charge >= 0.3 is 12.0 Å². The van der Waals surface area contributed by atoms with Crippen LogP contribution in [-0.4, -0.2) is 63.3 Å². The van der Waals surface area contributed by atoms with Crippen molar-refractivity contribution in [3.8, 4) is 5.75 Å². The summed E-state index contributed by atoms with van der Waals surface area (Å²) in [7, 11) is 1.59. The number of hydrogen-bond acceptors (Lipinski definition) is 6. The van der Waals surface area contributed by atoms with Crippen LogP contribution in [0, 0.1) is 6.92 Å². The Labute approximate surface area is 200 Å². The maximum Gasteiger partial charge on any atom is 0.338 e. The number of nitrogens with one attached hydrogen (secondary N) is 2. The highest BCUT2D eigenvalue weighted by Crippen LogP contribution is 2.30. The number of rotatable bonds is 7. The molecule has 0 bridgehead atoms. The second-order valence-electron chi connectivity index (χ2n) is 8.52. The number of urea groups is 1. The number of piperazine rings is 1. The summed E-state index contributed by atoms with van der Waals surface area (Å²) >= 11 is 0. The molecule has 1 saturated heterocycles. The van der Waals surface area contributed by atoms with Crippen LogP contribution in [0.15, 0.2) is 59.8 Å². The molecule has 0 aromatic heterocycles. The van der Waals surface area contributed by atoms with Gasteiger partial charge in [-0.3, -0.25) is 4.90 Å². The number of carbonyl (C=O) groups is 2. The average molecular weight is 465 g/mol. The molecule has 2 heterocycles. The van der Waals surface area contributed by atoms with E-state index in [9.17, 15) is 9.59 Å². The van der Waals surface area contributed by atoms with Gasteiger partial charge in [-0.2, -0.15) is 0 Å². The minimum absolute atomic E-state index is 0.254. The van der Waals surface area contributed by atoms with Crippen molar-refractivity contribution < 1.29 is 19.1 Å². The second kappa shape index (κ2) is 10.6. The van der Waals surface area contributed by atoms with E-state index in [2.05, 4.69) is 51.6 Å². The van der Waals surface area contributed by atoms with Crippen LogP contribution < -0.4 is 20.3 Å². The Balaban J connectivity index is 1.56. The lowest BCUT2D eigenvalue weighted by Gasteiger charge is -2.38. The number of nitrogens with zero attached hydrogens (tertiary/aromatic N) is 2. The van der Waals surface area contributed by atoms with Crippen molar-refractivity contribution in [2.24, 2.45) is 0 Å². The zero-order valence-electron chi connectivity index (χ0n) is 20.0. The maximum absolute atomic E-state index is 13.0. The van der Waals surface area contributed by atoms with Gasteiger partial charge in [0.1, 0.15) is 5.75 Å². The molecular formula is C26H32N4O4. The number of carbonyl (C=O) groups excluding carboxylic acids is 2. The number of anilines is 1. The summed E-state index contributed by atoms with van der Waals surface area (Å²) in [6, 6.07) is 15.0. The molecule has 0 saturated carbocycles. The number of hydrogen-bond donors (Lipinski definition) is 2. The van der Waals surface area contributed by atoms with E-state index in [0.29, 0.717) is 23.6 Å². The third kappa shape index (κ3) is 5.34. The predicted octanol–water partition coefficient (Wildman–Crippen LogP) is 3.00. The highest BCUT2D eigenvalue weighted by molar-refractivity contribution is 5.95. The Bertz CT molecular complexity index is 1060. The van der Waals surface area contributed by atoms with Crippen molar-refractivity contribution in [3.63, 3.8) is 0 Å². The molecule has 2 aromatic rings. The van der Waals surface area contributed by atoms with Crippen LogP contribution in [0.4, 0.5) is 10.5 Å². The van der Waals surface area contributed by atoms with Gasteiger partial charge < -0.3 is 25.0 Å². The maximum atomic E-state index is 13.0. The molecule has 34 heavy (non-hydrogen) atoms. The Hall–Kier alpha value is -3.52. The zero-order valence-corrected chi connectivity index (χ0v) is 20.0. The van der Waals surface area contributed by atoms with Crippen molar-refractivity contribution in [1.29, 1.82) is 0 Å². The summed E-state index contributed by atoms with van der Waals surface area (Å²) in [4.78, 5) is 30.2.